The van der Waals surface area contributed by atoms with Crippen LogP contribution in [-0.2, 0) is 5.60 Å². The Labute approximate surface area is 101 Å². The molecule has 1 aromatic rings. The van der Waals surface area contributed by atoms with Gasteiger partial charge in [-0.15, -0.1) is 0 Å². The minimum atomic E-state index is -1.18. The molecular formula is C14H20F2O. The molecule has 1 unspecified atom stereocenters. The highest BCUT2D eigenvalue weighted by Crippen LogP contribution is 2.31. The fraction of sp³-hybridized carbons (Fsp3) is 0.571. The van der Waals surface area contributed by atoms with Gasteiger partial charge in [-0.3, -0.25) is 0 Å². The number of hydrogen-bond donors (Lipinski definition) is 1. The van der Waals surface area contributed by atoms with Crippen LogP contribution in [0.15, 0.2) is 18.2 Å². The Kier molecular flexibility index (Phi) is 4.63. The highest BCUT2D eigenvalue weighted by Gasteiger charge is 2.27. The minimum absolute atomic E-state index is 0.307. The summed E-state index contributed by atoms with van der Waals surface area (Å²) in [6.07, 6.45) is 2.41. The van der Waals surface area contributed by atoms with E-state index in [1.165, 1.54) is 12.1 Å². The van der Waals surface area contributed by atoms with Crippen molar-refractivity contribution in [1.29, 1.82) is 0 Å². The summed E-state index contributed by atoms with van der Waals surface area (Å²) in [5, 5.41) is 10.3. The molecule has 3 heteroatoms. The monoisotopic (exact) mass is 242 g/mol. The molecule has 0 aliphatic heterocycles. The van der Waals surface area contributed by atoms with Crippen molar-refractivity contribution in [1.82, 2.24) is 0 Å². The van der Waals surface area contributed by atoms with Gasteiger partial charge in [0.2, 0.25) is 0 Å². The molecule has 0 fully saturated rings. The van der Waals surface area contributed by atoms with Crippen LogP contribution < -0.4 is 0 Å². The lowest BCUT2D eigenvalue weighted by Crippen LogP contribution is -2.25. The lowest BCUT2D eigenvalue weighted by molar-refractivity contribution is 0.0280. The molecule has 0 aliphatic rings. The zero-order valence-electron chi connectivity index (χ0n) is 10.6. The van der Waals surface area contributed by atoms with Crippen LogP contribution in [0.5, 0.6) is 0 Å². The summed E-state index contributed by atoms with van der Waals surface area (Å²) in [7, 11) is 0. The highest BCUT2D eigenvalue weighted by molar-refractivity contribution is 5.23. The second-order valence-corrected chi connectivity index (χ2v) is 4.82. The molecule has 0 aliphatic carbocycles. The number of rotatable bonds is 5. The van der Waals surface area contributed by atoms with Crippen molar-refractivity contribution in [2.75, 3.05) is 0 Å². The van der Waals surface area contributed by atoms with Crippen molar-refractivity contribution >= 4 is 0 Å². The maximum absolute atomic E-state index is 13.1. The quantitative estimate of drug-likeness (QED) is 0.827. The summed E-state index contributed by atoms with van der Waals surface area (Å²) >= 11 is 0. The Morgan fingerprint density at radius 3 is 2.00 bits per heavy atom. The maximum Gasteiger partial charge on any atom is 0.126 e. The van der Waals surface area contributed by atoms with E-state index >= 15 is 0 Å². The fourth-order valence-corrected chi connectivity index (χ4v) is 2.12. The summed E-state index contributed by atoms with van der Waals surface area (Å²) in [6.45, 7) is 5.71. The number of benzene rings is 1. The molecule has 0 saturated carbocycles. The Balaban J connectivity index is 2.95. The minimum Gasteiger partial charge on any atom is -0.385 e. The predicted octanol–water partition coefficient (Wildman–Crippen LogP) is 4.00. The summed E-state index contributed by atoms with van der Waals surface area (Å²) in [5.41, 5.74) is -0.874. The molecule has 0 heterocycles. The average molecular weight is 242 g/mol. The van der Waals surface area contributed by atoms with Crippen LogP contribution in [0.25, 0.3) is 0 Å². The van der Waals surface area contributed by atoms with Crippen molar-refractivity contribution in [3.8, 4) is 0 Å². The van der Waals surface area contributed by atoms with Crippen LogP contribution in [0.1, 0.15) is 45.6 Å². The van der Waals surface area contributed by atoms with Crippen LogP contribution in [0.2, 0.25) is 0 Å². The Morgan fingerprint density at radius 2 is 1.59 bits per heavy atom. The molecule has 1 N–H and O–H groups in total. The van der Waals surface area contributed by atoms with E-state index < -0.39 is 17.2 Å². The lowest BCUT2D eigenvalue weighted by atomic mass is 9.84. The van der Waals surface area contributed by atoms with Gasteiger partial charge in [0.25, 0.3) is 0 Å². The van der Waals surface area contributed by atoms with E-state index in [1.807, 2.05) is 0 Å². The first-order chi connectivity index (χ1) is 7.89. The number of halogens is 2. The van der Waals surface area contributed by atoms with Crippen LogP contribution in [0.4, 0.5) is 8.78 Å². The molecule has 0 aromatic heterocycles. The largest absolute Gasteiger partial charge is 0.385 e. The van der Waals surface area contributed by atoms with Gasteiger partial charge in [-0.05, 0) is 37.0 Å². The van der Waals surface area contributed by atoms with E-state index in [0.717, 1.165) is 18.9 Å². The molecule has 1 rings (SSSR count). The van der Waals surface area contributed by atoms with Crippen molar-refractivity contribution in [3.63, 3.8) is 0 Å². The van der Waals surface area contributed by atoms with Gasteiger partial charge in [-0.2, -0.15) is 0 Å². The zero-order chi connectivity index (χ0) is 13.1. The number of aliphatic hydroxyl groups is 1. The topological polar surface area (TPSA) is 20.2 Å². The molecule has 0 radical (unpaired) electrons. The van der Waals surface area contributed by atoms with Gasteiger partial charge in [0.05, 0.1) is 5.60 Å². The van der Waals surface area contributed by atoms with Gasteiger partial charge >= 0.3 is 0 Å². The Hall–Kier alpha value is -0.960. The zero-order valence-corrected chi connectivity index (χ0v) is 10.6. The van der Waals surface area contributed by atoms with Crippen molar-refractivity contribution in [2.24, 2.45) is 5.92 Å². The molecule has 0 bridgehead atoms. The third kappa shape index (κ3) is 3.77. The molecule has 1 nitrogen and oxygen atoms in total. The Bertz CT molecular complexity index is 350. The SMILES string of the molecule is CCC(CC)CC(C)(O)c1cc(F)cc(F)c1. The molecule has 96 valence electrons. The van der Waals surface area contributed by atoms with Gasteiger partial charge in [-0.25, -0.2) is 8.78 Å². The van der Waals surface area contributed by atoms with Gasteiger partial charge in [0.1, 0.15) is 11.6 Å². The van der Waals surface area contributed by atoms with E-state index in [4.69, 9.17) is 0 Å². The molecule has 0 spiro atoms. The van der Waals surface area contributed by atoms with E-state index in [9.17, 15) is 13.9 Å². The standard InChI is InChI=1S/C14H20F2O/c1-4-10(5-2)9-14(3,17)11-6-12(15)8-13(16)7-11/h6-8,10,17H,4-5,9H2,1-3H3. The molecule has 1 atom stereocenters. The normalized spacial score (nSPS) is 15.0. The summed E-state index contributed by atoms with van der Waals surface area (Å²) in [5.74, 6) is -0.939. The van der Waals surface area contributed by atoms with Crippen LogP contribution in [-0.4, -0.2) is 5.11 Å². The predicted molar refractivity (Wildman–Crippen MR) is 64.6 cm³/mol. The van der Waals surface area contributed by atoms with E-state index in [1.54, 1.807) is 6.92 Å². The van der Waals surface area contributed by atoms with E-state index in [-0.39, 0.29) is 0 Å². The second kappa shape index (κ2) is 5.58. The van der Waals surface area contributed by atoms with Crippen molar-refractivity contribution < 1.29 is 13.9 Å². The summed E-state index contributed by atoms with van der Waals surface area (Å²) in [4.78, 5) is 0. The maximum atomic E-state index is 13.1. The van der Waals surface area contributed by atoms with Crippen LogP contribution >= 0.6 is 0 Å². The van der Waals surface area contributed by atoms with Crippen LogP contribution in [0.3, 0.4) is 0 Å². The van der Waals surface area contributed by atoms with Gasteiger partial charge < -0.3 is 5.11 Å². The number of hydrogen-bond acceptors (Lipinski definition) is 1. The fourth-order valence-electron chi connectivity index (χ4n) is 2.12. The third-order valence-corrected chi connectivity index (χ3v) is 3.33. The molecule has 0 saturated heterocycles. The third-order valence-electron chi connectivity index (χ3n) is 3.33. The molecular weight excluding hydrogens is 222 g/mol. The Morgan fingerprint density at radius 1 is 1.12 bits per heavy atom. The van der Waals surface area contributed by atoms with Gasteiger partial charge in [-0.1, -0.05) is 26.7 Å². The van der Waals surface area contributed by atoms with Gasteiger partial charge in [0.15, 0.2) is 0 Å². The first kappa shape index (κ1) is 14.1. The summed E-state index contributed by atoms with van der Waals surface area (Å²) < 4.78 is 26.2. The summed E-state index contributed by atoms with van der Waals surface area (Å²) in [6, 6.07) is 3.22. The second-order valence-electron chi connectivity index (χ2n) is 4.82. The van der Waals surface area contributed by atoms with E-state index in [2.05, 4.69) is 13.8 Å². The first-order valence-corrected chi connectivity index (χ1v) is 6.08. The average Bonchev–Trinajstić information content (AvgIpc) is 2.24. The molecule has 17 heavy (non-hydrogen) atoms. The molecule has 0 amide bonds. The van der Waals surface area contributed by atoms with Crippen molar-refractivity contribution in [2.45, 2.75) is 45.6 Å². The highest BCUT2D eigenvalue weighted by atomic mass is 19.1. The van der Waals surface area contributed by atoms with Crippen LogP contribution in [0, 0.1) is 17.6 Å². The van der Waals surface area contributed by atoms with E-state index in [0.29, 0.717) is 17.9 Å². The first-order valence-electron chi connectivity index (χ1n) is 6.08. The lowest BCUT2D eigenvalue weighted by Gasteiger charge is -2.28. The van der Waals surface area contributed by atoms with Crippen molar-refractivity contribution in [3.05, 3.63) is 35.4 Å². The smallest absolute Gasteiger partial charge is 0.126 e. The van der Waals surface area contributed by atoms with Gasteiger partial charge in [0, 0.05) is 6.07 Å². The molecule has 1 aromatic carbocycles.